The molecule has 40 heavy (non-hydrogen) atoms. The van der Waals surface area contributed by atoms with Crippen molar-refractivity contribution in [1.29, 1.82) is 0 Å². The smallest absolute Gasteiger partial charge is 0.410 e. The topological polar surface area (TPSA) is 119 Å². The lowest BCUT2D eigenvalue weighted by Crippen LogP contribution is -2.51. The number of rotatable bonds is 6. The van der Waals surface area contributed by atoms with E-state index in [1.165, 1.54) is 11.0 Å². The zero-order valence-electron chi connectivity index (χ0n) is 22.3. The minimum atomic E-state index is -3.72. The number of likely N-dealkylation sites (tertiary alicyclic amines) is 1. The first-order valence-electron chi connectivity index (χ1n) is 12.3. The highest BCUT2D eigenvalue weighted by atomic mass is 79.9. The second-order valence-corrected chi connectivity index (χ2v) is 13.1. The SMILES string of the molecule is CC(C)(C)OC(=O)N1CC[C@](O)(c2ccc(F)c(F)c2)[C@@H](c2onc(-c3ccccc3COS(C)(=O)=O)c2Br)C1. The van der Waals surface area contributed by atoms with E-state index in [4.69, 9.17) is 13.4 Å². The molecule has 0 saturated carbocycles. The Morgan fingerprint density at radius 1 is 1.23 bits per heavy atom. The van der Waals surface area contributed by atoms with Crippen molar-refractivity contribution < 1.29 is 40.5 Å². The number of nitrogens with zero attached hydrogens (tertiary/aromatic N) is 2. The molecule has 0 unspecified atom stereocenters. The van der Waals surface area contributed by atoms with Gasteiger partial charge in [-0.05, 0) is 66.4 Å². The van der Waals surface area contributed by atoms with Crippen LogP contribution in [0.1, 0.15) is 50.0 Å². The monoisotopic (exact) mass is 642 g/mol. The van der Waals surface area contributed by atoms with Crippen LogP contribution in [0.25, 0.3) is 11.3 Å². The maximum atomic E-state index is 14.3. The highest BCUT2D eigenvalue weighted by molar-refractivity contribution is 9.10. The van der Waals surface area contributed by atoms with Gasteiger partial charge in [0.05, 0.1) is 23.3 Å². The molecule has 0 radical (unpaired) electrons. The van der Waals surface area contributed by atoms with Gasteiger partial charge in [-0.25, -0.2) is 13.6 Å². The van der Waals surface area contributed by atoms with E-state index in [1.807, 2.05) is 0 Å². The molecule has 1 saturated heterocycles. The number of carbonyl (C=O) groups excluding carboxylic acids is 1. The summed E-state index contributed by atoms with van der Waals surface area (Å²) in [5.41, 5.74) is -1.13. The van der Waals surface area contributed by atoms with E-state index in [2.05, 4.69) is 21.1 Å². The molecular weight excluding hydrogens is 614 g/mol. The van der Waals surface area contributed by atoms with Gasteiger partial charge in [-0.1, -0.05) is 35.5 Å². The van der Waals surface area contributed by atoms with E-state index in [-0.39, 0.29) is 37.4 Å². The zero-order valence-corrected chi connectivity index (χ0v) is 24.7. The molecule has 2 aromatic carbocycles. The van der Waals surface area contributed by atoms with Crippen molar-refractivity contribution >= 4 is 32.1 Å². The van der Waals surface area contributed by atoms with Gasteiger partial charge in [-0.3, -0.25) is 4.18 Å². The first-order valence-corrected chi connectivity index (χ1v) is 14.9. The molecule has 2 atom stereocenters. The summed E-state index contributed by atoms with van der Waals surface area (Å²) in [4.78, 5) is 14.3. The van der Waals surface area contributed by atoms with Crippen LogP contribution in [-0.4, -0.2) is 54.6 Å². The highest BCUT2D eigenvalue weighted by Crippen LogP contribution is 2.48. The summed E-state index contributed by atoms with van der Waals surface area (Å²) in [5.74, 6) is -3.02. The second-order valence-electron chi connectivity index (χ2n) is 10.6. The summed E-state index contributed by atoms with van der Waals surface area (Å²) < 4.78 is 67.7. The van der Waals surface area contributed by atoms with Crippen LogP contribution in [0.2, 0.25) is 0 Å². The number of carbonyl (C=O) groups is 1. The Morgan fingerprint density at radius 2 is 1.93 bits per heavy atom. The van der Waals surface area contributed by atoms with Gasteiger partial charge in [0.1, 0.15) is 16.9 Å². The van der Waals surface area contributed by atoms with Crippen molar-refractivity contribution in [2.45, 2.75) is 50.9 Å². The van der Waals surface area contributed by atoms with Gasteiger partial charge in [0.2, 0.25) is 0 Å². The fraction of sp³-hybridized carbons (Fsp3) is 0.407. The minimum Gasteiger partial charge on any atom is -0.444 e. The lowest BCUT2D eigenvalue weighted by molar-refractivity contribution is -0.0590. The molecule has 1 amide bonds. The average Bonchev–Trinajstić information content (AvgIpc) is 3.24. The van der Waals surface area contributed by atoms with E-state index in [9.17, 15) is 27.1 Å². The van der Waals surface area contributed by atoms with Crippen molar-refractivity contribution in [3.8, 4) is 11.3 Å². The zero-order chi connectivity index (χ0) is 29.5. The van der Waals surface area contributed by atoms with Crippen LogP contribution in [0, 0.1) is 11.6 Å². The molecule has 0 aliphatic carbocycles. The number of aromatic nitrogens is 1. The number of hydrogen-bond donors (Lipinski definition) is 1. The number of aliphatic hydroxyl groups is 1. The lowest BCUT2D eigenvalue weighted by Gasteiger charge is -2.44. The Labute approximate surface area is 239 Å². The van der Waals surface area contributed by atoms with Crippen LogP contribution in [0.15, 0.2) is 51.5 Å². The Bertz CT molecular complexity index is 1520. The summed E-state index contributed by atoms with van der Waals surface area (Å²) in [5, 5.41) is 16.2. The Morgan fingerprint density at radius 3 is 2.58 bits per heavy atom. The molecule has 4 rings (SSSR count). The summed E-state index contributed by atoms with van der Waals surface area (Å²) in [6, 6.07) is 9.95. The lowest BCUT2D eigenvalue weighted by atomic mass is 9.74. The van der Waals surface area contributed by atoms with Gasteiger partial charge in [0.15, 0.2) is 17.4 Å². The quantitative estimate of drug-likeness (QED) is 0.352. The number of piperidine rings is 1. The third-order valence-corrected chi connectivity index (χ3v) is 7.80. The molecule has 1 aromatic heterocycles. The fourth-order valence-electron chi connectivity index (χ4n) is 4.57. The molecule has 9 nitrogen and oxygen atoms in total. The first-order chi connectivity index (χ1) is 18.6. The number of amides is 1. The summed E-state index contributed by atoms with van der Waals surface area (Å²) >= 11 is 3.51. The summed E-state index contributed by atoms with van der Waals surface area (Å²) in [7, 11) is -3.72. The summed E-state index contributed by atoms with van der Waals surface area (Å²) in [6.07, 6.45) is 0.297. The van der Waals surface area contributed by atoms with Crippen LogP contribution in [0.5, 0.6) is 0 Å². The second kappa shape index (κ2) is 11.2. The highest BCUT2D eigenvalue weighted by Gasteiger charge is 2.49. The van der Waals surface area contributed by atoms with Crippen LogP contribution in [0.4, 0.5) is 13.6 Å². The number of benzene rings is 2. The van der Waals surface area contributed by atoms with E-state index in [0.29, 0.717) is 21.3 Å². The number of ether oxygens (including phenoxy) is 1. The minimum absolute atomic E-state index is 0.0385. The predicted molar refractivity (Wildman–Crippen MR) is 145 cm³/mol. The third kappa shape index (κ3) is 6.54. The van der Waals surface area contributed by atoms with E-state index in [1.54, 1.807) is 45.0 Å². The third-order valence-electron chi connectivity index (χ3n) is 6.49. The Balaban J connectivity index is 1.78. The van der Waals surface area contributed by atoms with Crippen molar-refractivity contribution in [2.24, 2.45) is 0 Å². The van der Waals surface area contributed by atoms with Gasteiger partial charge in [0.25, 0.3) is 10.1 Å². The Hall–Kier alpha value is -2.87. The molecular formula is C27H29BrF2N2O7S. The molecule has 2 heterocycles. The van der Waals surface area contributed by atoms with Gasteiger partial charge in [-0.15, -0.1) is 0 Å². The molecule has 1 fully saturated rings. The number of hydrogen-bond acceptors (Lipinski definition) is 8. The normalized spacial score (nSPS) is 20.0. The van der Waals surface area contributed by atoms with Crippen molar-refractivity contribution in [3.63, 3.8) is 0 Å². The van der Waals surface area contributed by atoms with Crippen LogP contribution in [0.3, 0.4) is 0 Å². The van der Waals surface area contributed by atoms with E-state index < -0.39 is 45.0 Å². The molecule has 0 spiro atoms. The fourth-order valence-corrected chi connectivity index (χ4v) is 5.54. The molecule has 1 N–H and O–H groups in total. The van der Waals surface area contributed by atoms with Crippen molar-refractivity contribution in [2.75, 3.05) is 19.3 Å². The van der Waals surface area contributed by atoms with Crippen molar-refractivity contribution in [3.05, 3.63) is 75.5 Å². The van der Waals surface area contributed by atoms with Gasteiger partial charge >= 0.3 is 6.09 Å². The van der Waals surface area contributed by atoms with Gasteiger partial charge in [0, 0.05) is 18.7 Å². The summed E-state index contributed by atoms with van der Waals surface area (Å²) in [6.45, 7) is 4.93. The molecule has 216 valence electrons. The molecule has 13 heteroatoms. The average molecular weight is 644 g/mol. The molecule has 0 bridgehead atoms. The maximum absolute atomic E-state index is 14.3. The van der Waals surface area contributed by atoms with Gasteiger partial charge < -0.3 is 19.3 Å². The largest absolute Gasteiger partial charge is 0.444 e. The van der Waals surface area contributed by atoms with Gasteiger partial charge in [-0.2, -0.15) is 8.42 Å². The van der Waals surface area contributed by atoms with Crippen LogP contribution < -0.4 is 0 Å². The standard InChI is InChI=1S/C27H29BrF2N2O7S/c1-26(2,3)38-25(33)32-12-11-27(34,17-9-10-20(29)21(30)13-17)19(14-32)24-22(28)23(31-39-24)18-8-6-5-7-16(18)15-37-40(4,35)36/h5-10,13,19,34H,11-12,14-15H2,1-4H3/t19-,27+/m1/s1. The molecule has 1 aliphatic rings. The van der Waals surface area contributed by atoms with Crippen molar-refractivity contribution in [1.82, 2.24) is 10.1 Å². The molecule has 3 aromatic rings. The van der Waals surface area contributed by atoms with E-state index in [0.717, 1.165) is 18.4 Å². The predicted octanol–water partition coefficient (Wildman–Crippen LogP) is 5.47. The van der Waals surface area contributed by atoms with Crippen LogP contribution >= 0.6 is 15.9 Å². The number of halogens is 3. The van der Waals surface area contributed by atoms with Crippen LogP contribution in [-0.2, 0) is 31.2 Å². The van der Waals surface area contributed by atoms with E-state index >= 15 is 0 Å². The first kappa shape index (κ1) is 30.1. The molecule has 1 aliphatic heterocycles. The Kier molecular flexibility index (Phi) is 8.42. The maximum Gasteiger partial charge on any atom is 0.410 e.